The highest BCUT2D eigenvalue weighted by molar-refractivity contribution is 5.96. The lowest BCUT2D eigenvalue weighted by molar-refractivity contribution is -0.137. The molecule has 0 N–H and O–H groups in total. The molecule has 1 aromatic carbocycles. The van der Waals surface area contributed by atoms with Crippen molar-refractivity contribution in [3.05, 3.63) is 39.8 Å². The first-order valence-electron chi connectivity index (χ1n) is 3.92. The van der Waals surface area contributed by atoms with Gasteiger partial charge in [-0.05, 0) is 30.7 Å². The van der Waals surface area contributed by atoms with Gasteiger partial charge in [0.2, 0.25) is 0 Å². The second-order valence-corrected chi connectivity index (χ2v) is 2.92. The Morgan fingerprint density at radius 3 is 2.33 bits per heavy atom. The maximum Gasteiger partial charge on any atom is 0.416 e. The molecular formula is C9H6F3NO2. The maximum atomic E-state index is 12.2. The lowest BCUT2D eigenvalue weighted by Crippen LogP contribution is -2.07. The Kier molecular flexibility index (Phi) is 2.88. The van der Waals surface area contributed by atoms with Gasteiger partial charge in [-0.2, -0.15) is 13.2 Å². The van der Waals surface area contributed by atoms with Crippen LogP contribution in [0.25, 0.3) is 0 Å². The Balaban J connectivity index is 3.20. The van der Waals surface area contributed by atoms with Crippen LogP contribution in [0.2, 0.25) is 0 Å². The third-order valence-corrected chi connectivity index (χ3v) is 1.87. The maximum absolute atomic E-state index is 12.2. The van der Waals surface area contributed by atoms with Gasteiger partial charge in [0, 0.05) is 10.7 Å². The van der Waals surface area contributed by atoms with Crippen molar-refractivity contribution in [2.24, 2.45) is 5.18 Å². The van der Waals surface area contributed by atoms with Gasteiger partial charge >= 0.3 is 12.1 Å². The standard InChI is InChI=1S/C9H6F3NO2/c1-5-4-6(9(10,11)12)2-3-7(5)8(14)13-15/h2-4H,1H3. The van der Waals surface area contributed by atoms with E-state index in [9.17, 15) is 22.9 Å². The molecule has 0 heterocycles. The van der Waals surface area contributed by atoms with Crippen LogP contribution in [0.4, 0.5) is 13.2 Å². The van der Waals surface area contributed by atoms with Gasteiger partial charge in [0.1, 0.15) is 0 Å². The zero-order valence-corrected chi connectivity index (χ0v) is 7.63. The van der Waals surface area contributed by atoms with Crippen molar-refractivity contribution in [1.82, 2.24) is 0 Å². The second kappa shape index (κ2) is 3.80. The van der Waals surface area contributed by atoms with Crippen molar-refractivity contribution >= 4 is 5.91 Å². The summed E-state index contributed by atoms with van der Waals surface area (Å²) in [7, 11) is 0. The summed E-state index contributed by atoms with van der Waals surface area (Å²) in [5.74, 6) is -1.07. The van der Waals surface area contributed by atoms with E-state index >= 15 is 0 Å². The molecule has 0 spiro atoms. The number of aryl methyl sites for hydroxylation is 1. The van der Waals surface area contributed by atoms with E-state index in [1.54, 1.807) is 0 Å². The molecule has 1 aromatic rings. The zero-order valence-electron chi connectivity index (χ0n) is 7.63. The molecule has 0 bridgehead atoms. The van der Waals surface area contributed by atoms with Crippen LogP contribution in [0.5, 0.6) is 0 Å². The largest absolute Gasteiger partial charge is 0.416 e. The quantitative estimate of drug-likeness (QED) is 0.679. The first-order valence-corrected chi connectivity index (χ1v) is 3.92. The van der Waals surface area contributed by atoms with E-state index in [2.05, 4.69) is 5.18 Å². The molecule has 0 saturated carbocycles. The average molecular weight is 217 g/mol. The van der Waals surface area contributed by atoms with Crippen LogP contribution in [0.1, 0.15) is 21.5 Å². The number of rotatable bonds is 1. The van der Waals surface area contributed by atoms with Gasteiger partial charge in [0.15, 0.2) is 0 Å². The first kappa shape index (κ1) is 11.4. The molecule has 6 heteroatoms. The fraction of sp³-hybridized carbons (Fsp3) is 0.222. The van der Waals surface area contributed by atoms with E-state index in [0.29, 0.717) is 0 Å². The molecule has 0 aliphatic rings. The van der Waals surface area contributed by atoms with E-state index in [4.69, 9.17) is 0 Å². The van der Waals surface area contributed by atoms with Crippen LogP contribution in [-0.2, 0) is 6.18 Å². The number of nitroso groups, excluding NO2 is 1. The van der Waals surface area contributed by atoms with Crippen molar-refractivity contribution in [2.45, 2.75) is 13.1 Å². The van der Waals surface area contributed by atoms with Gasteiger partial charge in [-0.1, -0.05) is 0 Å². The number of alkyl halides is 3. The van der Waals surface area contributed by atoms with Gasteiger partial charge in [0.25, 0.3) is 0 Å². The zero-order chi connectivity index (χ0) is 11.6. The van der Waals surface area contributed by atoms with Gasteiger partial charge < -0.3 is 0 Å². The predicted octanol–water partition coefficient (Wildman–Crippen LogP) is 2.92. The Morgan fingerprint density at radius 2 is 1.93 bits per heavy atom. The summed E-state index contributed by atoms with van der Waals surface area (Å²) in [6, 6.07) is 2.49. The predicted molar refractivity (Wildman–Crippen MR) is 46.3 cm³/mol. The second-order valence-electron chi connectivity index (χ2n) is 2.92. The van der Waals surface area contributed by atoms with Crippen molar-refractivity contribution in [1.29, 1.82) is 0 Å². The van der Waals surface area contributed by atoms with Gasteiger partial charge in [-0.15, -0.1) is 4.91 Å². The van der Waals surface area contributed by atoms with Crippen LogP contribution in [0.3, 0.4) is 0 Å². The molecule has 0 saturated heterocycles. The average Bonchev–Trinajstić information content (AvgIpc) is 2.15. The molecule has 0 fully saturated rings. The number of nitrogens with zero attached hydrogens (tertiary/aromatic N) is 1. The highest BCUT2D eigenvalue weighted by atomic mass is 19.4. The smallest absolute Gasteiger partial charge is 0.263 e. The van der Waals surface area contributed by atoms with Crippen molar-refractivity contribution in [3.8, 4) is 0 Å². The topological polar surface area (TPSA) is 46.5 Å². The molecule has 80 valence electrons. The van der Waals surface area contributed by atoms with Crippen LogP contribution in [0.15, 0.2) is 23.4 Å². The van der Waals surface area contributed by atoms with Gasteiger partial charge in [-0.25, -0.2) is 0 Å². The van der Waals surface area contributed by atoms with Crippen molar-refractivity contribution < 1.29 is 18.0 Å². The Bertz CT molecular complexity index is 412. The van der Waals surface area contributed by atoms with Gasteiger partial charge in [0.05, 0.1) is 5.56 Å². The monoisotopic (exact) mass is 217 g/mol. The number of amides is 1. The number of carbonyl (C=O) groups excluding carboxylic acids is 1. The lowest BCUT2D eigenvalue weighted by atomic mass is 10.0. The molecule has 0 aliphatic heterocycles. The Hall–Kier alpha value is -1.72. The van der Waals surface area contributed by atoms with Crippen molar-refractivity contribution in [3.63, 3.8) is 0 Å². The molecule has 1 rings (SSSR count). The van der Waals surface area contributed by atoms with E-state index in [1.165, 1.54) is 6.92 Å². The number of halogens is 3. The highest BCUT2D eigenvalue weighted by Gasteiger charge is 2.31. The summed E-state index contributed by atoms with van der Waals surface area (Å²) in [5, 5.41) is 2.14. The molecular weight excluding hydrogens is 211 g/mol. The molecule has 0 aliphatic carbocycles. The summed E-state index contributed by atoms with van der Waals surface area (Å²) in [6.07, 6.45) is -4.46. The minimum absolute atomic E-state index is 0.0782. The fourth-order valence-corrected chi connectivity index (χ4v) is 1.13. The van der Waals surface area contributed by atoms with Crippen LogP contribution in [0, 0.1) is 11.8 Å². The third kappa shape index (κ3) is 2.39. The molecule has 0 radical (unpaired) electrons. The number of benzene rings is 1. The summed E-state index contributed by atoms with van der Waals surface area (Å²) in [4.78, 5) is 20.8. The third-order valence-electron chi connectivity index (χ3n) is 1.87. The van der Waals surface area contributed by atoms with E-state index in [1.807, 2.05) is 0 Å². The lowest BCUT2D eigenvalue weighted by Gasteiger charge is -2.08. The molecule has 1 amide bonds. The number of carbonyl (C=O) groups is 1. The molecule has 15 heavy (non-hydrogen) atoms. The van der Waals surface area contributed by atoms with Crippen LogP contribution < -0.4 is 0 Å². The molecule has 3 nitrogen and oxygen atoms in total. The SMILES string of the molecule is Cc1cc(C(F)(F)F)ccc1C(=O)N=O. The van der Waals surface area contributed by atoms with E-state index in [-0.39, 0.29) is 11.1 Å². The summed E-state index contributed by atoms with van der Waals surface area (Å²) in [5.41, 5.74) is -0.894. The number of hydrogen-bond acceptors (Lipinski definition) is 2. The highest BCUT2D eigenvalue weighted by Crippen LogP contribution is 2.30. The normalized spacial score (nSPS) is 11.2. The number of hydrogen-bond donors (Lipinski definition) is 0. The minimum atomic E-state index is -4.46. The molecule has 0 atom stereocenters. The Labute approximate surface area is 82.9 Å². The van der Waals surface area contributed by atoms with Crippen LogP contribution in [-0.4, -0.2) is 5.91 Å². The fourth-order valence-electron chi connectivity index (χ4n) is 1.13. The summed E-state index contributed by atoms with van der Waals surface area (Å²) < 4.78 is 36.6. The molecule has 0 aromatic heterocycles. The van der Waals surface area contributed by atoms with Crippen molar-refractivity contribution in [2.75, 3.05) is 0 Å². The summed E-state index contributed by atoms with van der Waals surface area (Å²) in [6.45, 7) is 1.31. The van der Waals surface area contributed by atoms with Gasteiger partial charge in [-0.3, -0.25) is 4.79 Å². The first-order chi connectivity index (χ1) is 6.86. The minimum Gasteiger partial charge on any atom is -0.263 e. The van der Waals surface area contributed by atoms with E-state index in [0.717, 1.165) is 18.2 Å². The molecule has 0 unspecified atom stereocenters. The Morgan fingerprint density at radius 1 is 1.33 bits per heavy atom. The summed E-state index contributed by atoms with van der Waals surface area (Å²) >= 11 is 0. The van der Waals surface area contributed by atoms with E-state index < -0.39 is 17.6 Å². The van der Waals surface area contributed by atoms with Crippen LogP contribution >= 0.6 is 0 Å².